The molecule has 0 atom stereocenters. The normalized spacial score (nSPS) is 10.8. The van der Waals surface area contributed by atoms with E-state index in [1.54, 1.807) is 0 Å². The monoisotopic (exact) mass is 309 g/mol. The fourth-order valence-electron chi connectivity index (χ4n) is 2.57. The van der Waals surface area contributed by atoms with Crippen molar-refractivity contribution in [2.45, 2.75) is 27.3 Å². The van der Waals surface area contributed by atoms with Crippen molar-refractivity contribution >= 4 is 21.6 Å². The van der Waals surface area contributed by atoms with Gasteiger partial charge in [-0.05, 0) is 31.9 Å². The van der Waals surface area contributed by atoms with Crippen molar-refractivity contribution in [2.24, 2.45) is 0 Å². The number of aromatic nitrogens is 2. The van der Waals surface area contributed by atoms with Crippen molar-refractivity contribution in [2.75, 3.05) is 0 Å². The van der Waals surface area contributed by atoms with E-state index in [2.05, 4.69) is 6.07 Å². The average Bonchev–Trinajstić information content (AvgIpc) is 2.78. The molecule has 0 saturated heterocycles. The predicted molar refractivity (Wildman–Crippen MR) is 89.1 cm³/mol. The van der Waals surface area contributed by atoms with Gasteiger partial charge < -0.3 is 0 Å². The molecular weight excluding hydrogens is 294 g/mol. The van der Waals surface area contributed by atoms with Crippen LogP contribution < -0.4 is 5.56 Å². The maximum atomic E-state index is 12.8. The maximum absolute atomic E-state index is 12.8. The molecule has 3 aromatic rings. The van der Waals surface area contributed by atoms with E-state index >= 15 is 0 Å². The summed E-state index contributed by atoms with van der Waals surface area (Å²) in [6.07, 6.45) is 0. The van der Waals surface area contributed by atoms with Gasteiger partial charge in [-0.3, -0.25) is 9.36 Å². The number of thiophene rings is 1. The highest BCUT2D eigenvalue weighted by Gasteiger charge is 2.18. The Bertz CT molecular complexity index is 976. The van der Waals surface area contributed by atoms with Crippen molar-refractivity contribution in [3.05, 3.63) is 50.6 Å². The third-order valence-corrected chi connectivity index (χ3v) is 5.00. The Morgan fingerprint density at radius 2 is 2.00 bits per heavy atom. The summed E-state index contributed by atoms with van der Waals surface area (Å²) >= 11 is 1.53. The minimum atomic E-state index is -0.133. The van der Waals surface area contributed by atoms with Gasteiger partial charge in [-0.2, -0.15) is 5.26 Å². The summed E-state index contributed by atoms with van der Waals surface area (Å²) in [5.41, 5.74) is 2.75. The van der Waals surface area contributed by atoms with Crippen LogP contribution in [0.5, 0.6) is 0 Å². The molecule has 22 heavy (non-hydrogen) atoms. The van der Waals surface area contributed by atoms with Gasteiger partial charge in [0.25, 0.3) is 5.56 Å². The van der Waals surface area contributed by atoms with E-state index in [9.17, 15) is 4.79 Å². The summed E-state index contributed by atoms with van der Waals surface area (Å²) in [5.74, 6) is 0.568. The quantitative estimate of drug-likeness (QED) is 0.727. The molecule has 0 aliphatic rings. The van der Waals surface area contributed by atoms with Crippen molar-refractivity contribution in [1.82, 2.24) is 9.55 Å². The molecule has 0 unspecified atom stereocenters. The molecule has 2 heterocycles. The van der Waals surface area contributed by atoms with Crippen LogP contribution in [0.25, 0.3) is 21.6 Å². The first-order chi connectivity index (χ1) is 10.5. The van der Waals surface area contributed by atoms with Gasteiger partial charge in [0.2, 0.25) is 0 Å². The lowest BCUT2D eigenvalue weighted by molar-refractivity contribution is 0.787. The number of nitriles is 1. The van der Waals surface area contributed by atoms with E-state index in [-0.39, 0.29) is 12.1 Å². The van der Waals surface area contributed by atoms with Gasteiger partial charge in [0.15, 0.2) is 0 Å². The second-order valence-electron chi connectivity index (χ2n) is 5.26. The zero-order valence-electron chi connectivity index (χ0n) is 12.7. The summed E-state index contributed by atoms with van der Waals surface area (Å²) < 4.78 is 1.48. The molecule has 0 saturated carbocycles. The lowest BCUT2D eigenvalue weighted by atomic mass is 10.1. The molecule has 0 fully saturated rings. The highest BCUT2D eigenvalue weighted by molar-refractivity contribution is 7.18. The first-order valence-electron chi connectivity index (χ1n) is 6.98. The van der Waals surface area contributed by atoms with Crippen LogP contribution in [-0.2, 0) is 6.54 Å². The van der Waals surface area contributed by atoms with E-state index in [1.165, 1.54) is 15.9 Å². The second-order valence-corrected chi connectivity index (χ2v) is 6.47. The standard InChI is InChI=1S/C17H15N3OS/c1-10-6-4-5-7-13(10)15-19-16-14(11(2)12(3)22-16)17(21)20(15)9-8-18/h4-7H,9H2,1-3H3. The smallest absolute Gasteiger partial charge is 0.263 e. The number of nitrogens with zero attached hydrogens (tertiary/aromatic N) is 3. The summed E-state index contributed by atoms with van der Waals surface area (Å²) in [6, 6.07) is 9.85. The Labute approximate surface area is 132 Å². The van der Waals surface area contributed by atoms with Gasteiger partial charge in [0.1, 0.15) is 17.2 Å². The first-order valence-corrected chi connectivity index (χ1v) is 7.79. The molecule has 4 nitrogen and oxygen atoms in total. The van der Waals surface area contributed by atoms with Gasteiger partial charge in [0, 0.05) is 10.4 Å². The summed E-state index contributed by atoms with van der Waals surface area (Å²) in [4.78, 5) is 19.4. The second kappa shape index (κ2) is 5.39. The Morgan fingerprint density at radius 3 is 2.68 bits per heavy atom. The molecule has 0 aliphatic carbocycles. The van der Waals surface area contributed by atoms with Crippen LogP contribution >= 0.6 is 11.3 Å². The summed E-state index contributed by atoms with van der Waals surface area (Å²) in [5, 5.41) is 9.73. The number of fused-ring (bicyclic) bond motifs is 1. The van der Waals surface area contributed by atoms with Crippen molar-refractivity contribution < 1.29 is 0 Å². The van der Waals surface area contributed by atoms with E-state index in [0.717, 1.165) is 26.4 Å². The van der Waals surface area contributed by atoms with E-state index in [0.29, 0.717) is 11.2 Å². The number of benzene rings is 1. The van der Waals surface area contributed by atoms with Crippen LogP contribution in [0.3, 0.4) is 0 Å². The predicted octanol–water partition coefficient (Wildman–Crippen LogP) is 3.57. The zero-order chi connectivity index (χ0) is 15.9. The van der Waals surface area contributed by atoms with Crippen molar-refractivity contribution in [3.8, 4) is 17.5 Å². The summed E-state index contributed by atoms with van der Waals surface area (Å²) in [6.45, 7) is 5.90. The van der Waals surface area contributed by atoms with E-state index in [4.69, 9.17) is 10.2 Å². The molecule has 1 aromatic carbocycles. The van der Waals surface area contributed by atoms with Gasteiger partial charge in [-0.1, -0.05) is 24.3 Å². The molecule has 0 N–H and O–H groups in total. The van der Waals surface area contributed by atoms with Crippen LogP contribution in [0.4, 0.5) is 0 Å². The number of hydrogen-bond donors (Lipinski definition) is 0. The Morgan fingerprint density at radius 1 is 1.27 bits per heavy atom. The van der Waals surface area contributed by atoms with Crippen LogP contribution in [0.2, 0.25) is 0 Å². The SMILES string of the molecule is Cc1ccccc1-c1nc2sc(C)c(C)c2c(=O)n1CC#N. The van der Waals surface area contributed by atoms with Crippen LogP contribution in [0.15, 0.2) is 29.1 Å². The minimum absolute atomic E-state index is 0.000223. The third-order valence-electron chi connectivity index (χ3n) is 3.90. The van der Waals surface area contributed by atoms with Crippen molar-refractivity contribution in [3.63, 3.8) is 0 Å². The lowest BCUT2D eigenvalue weighted by Gasteiger charge is -2.11. The molecule has 0 aliphatic heterocycles. The topological polar surface area (TPSA) is 58.7 Å². The van der Waals surface area contributed by atoms with E-state index in [1.807, 2.05) is 45.0 Å². The Balaban J connectivity index is 2.45. The minimum Gasteiger partial charge on any atom is -0.278 e. The van der Waals surface area contributed by atoms with E-state index < -0.39 is 0 Å². The number of rotatable bonds is 2. The molecule has 5 heteroatoms. The van der Waals surface area contributed by atoms with Crippen molar-refractivity contribution in [1.29, 1.82) is 5.26 Å². The largest absolute Gasteiger partial charge is 0.278 e. The molecule has 3 rings (SSSR count). The first kappa shape index (κ1) is 14.5. The van der Waals surface area contributed by atoms with Crippen LogP contribution in [0, 0.1) is 32.1 Å². The number of hydrogen-bond acceptors (Lipinski definition) is 4. The number of aryl methyl sites for hydroxylation is 3. The fourth-order valence-corrected chi connectivity index (χ4v) is 3.59. The fraction of sp³-hybridized carbons (Fsp3) is 0.235. The maximum Gasteiger partial charge on any atom is 0.263 e. The highest BCUT2D eigenvalue weighted by Crippen LogP contribution is 2.29. The van der Waals surface area contributed by atoms with Gasteiger partial charge in [-0.25, -0.2) is 4.98 Å². The summed E-state index contributed by atoms with van der Waals surface area (Å²) in [7, 11) is 0. The molecule has 2 aromatic heterocycles. The molecule has 0 radical (unpaired) electrons. The Kier molecular flexibility index (Phi) is 3.55. The zero-order valence-corrected chi connectivity index (χ0v) is 13.5. The highest BCUT2D eigenvalue weighted by atomic mass is 32.1. The Hall–Kier alpha value is -2.45. The average molecular weight is 309 g/mol. The van der Waals surface area contributed by atoms with Gasteiger partial charge in [-0.15, -0.1) is 11.3 Å². The van der Waals surface area contributed by atoms with Gasteiger partial charge in [0.05, 0.1) is 11.5 Å². The molecular formula is C17H15N3OS. The third kappa shape index (κ3) is 2.13. The molecule has 110 valence electrons. The van der Waals surface area contributed by atoms with Gasteiger partial charge >= 0.3 is 0 Å². The van der Waals surface area contributed by atoms with Crippen LogP contribution in [0.1, 0.15) is 16.0 Å². The molecule has 0 spiro atoms. The molecule has 0 bridgehead atoms. The lowest BCUT2D eigenvalue weighted by Crippen LogP contribution is -2.23. The molecule has 0 amide bonds. The van der Waals surface area contributed by atoms with Crippen LogP contribution in [-0.4, -0.2) is 9.55 Å².